The van der Waals surface area contributed by atoms with Crippen LogP contribution in [-0.2, 0) is 16.4 Å². The van der Waals surface area contributed by atoms with E-state index in [4.69, 9.17) is 4.74 Å². The lowest BCUT2D eigenvalue weighted by Gasteiger charge is -2.09. The Morgan fingerprint density at radius 3 is 2.80 bits per heavy atom. The van der Waals surface area contributed by atoms with Crippen LogP contribution in [0.25, 0.3) is 0 Å². The number of benzene rings is 2. The van der Waals surface area contributed by atoms with Gasteiger partial charge in [-0.05, 0) is 42.0 Å². The first kappa shape index (κ1) is 12.9. The van der Waals surface area contributed by atoms with Gasteiger partial charge in [0.05, 0.1) is 17.2 Å². The SMILES string of the molecule is O=S(=O)(Nc1cccc(F)c1)c1ccc2c(c1)CCO2. The molecule has 2 aromatic rings. The predicted molar refractivity (Wildman–Crippen MR) is 72.8 cm³/mol. The molecule has 3 rings (SSSR count). The Labute approximate surface area is 116 Å². The van der Waals surface area contributed by atoms with E-state index in [2.05, 4.69) is 4.72 Å². The summed E-state index contributed by atoms with van der Waals surface area (Å²) in [4.78, 5) is 0.144. The number of hydrogen-bond acceptors (Lipinski definition) is 3. The Balaban J connectivity index is 1.92. The quantitative estimate of drug-likeness (QED) is 0.946. The van der Waals surface area contributed by atoms with Crippen LogP contribution in [0.2, 0.25) is 0 Å². The maximum Gasteiger partial charge on any atom is 0.261 e. The highest BCUT2D eigenvalue weighted by Crippen LogP contribution is 2.28. The third-order valence-corrected chi connectivity index (χ3v) is 4.43. The Hall–Kier alpha value is -2.08. The van der Waals surface area contributed by atoms with Crippen molar-refractivity contribution < 1.29 is 17.5 Å². The summed E-state index contributed by atoms with van der Waals surface area (Å²) in [5.74, 6) is 0.224. The molecule has 0 saturated heterocycles. The van der Waals surface area contributed by atoms with Crippen LogP contribution >= 0.6 is 0 Å². The van der Waals surface area contributed by atoms with Crippen LogP contribution in [0.3, 0.4) is 0 Å². The van der Waals surface area contributed by atoms with Gasteiger partial charge in [-0.3, -0.25) is 4.72 Å². The number of sulfonamides is 1. The molecule has 0 saturated carbocycles. The fraction of sp³-hybridized carbons (Fsp3) is 0.143. The molecule has 1 N–H and O–H groups in total. The number of anilines is 1. The molecule has 0 amide bonds. The standard InChI is InChI=1S/C14H12FNO3S/c15-11-2-1-3-12(9-11)16-20(17,18)13-4-5-14-10(8-13)6-7-19-14/h1-5,8-9,16H,6-7H2. The van der Waals surface area contributed by atoms with Crippen LogP contribution < -0.4 is 9.46 Å². The van der Waals surface area contributed by atoms with Crippen LogP contribution in [-0.4, -0.2) is 15.0 Å². The molecular formula is C14H12FNO3S. The molecule has 0 atom stereocenters. The van der Waals surface area contributed by atoms with Gasteiger partial charge in [-0.1, -0.05) is 6.07 Å². The van der Waals surface area contributed by atoms with Gasteiger partial charge in [-0.2, -0.15) is 0 Å². The lowest BCUT2D eigenvalue weighted by molar-refractivity contribution is 0.356. The first-order chi connectivity index (χ1) is 9.54. The molecule has 2 aromatic carbocycles. The second kappa shape index (κ2) is 4.79. The molecule has 1 aliphatic rings. The van der Waals surface area contributed by atoms with Crippen molar-refractivity contribution in [2.45, 2.75) is 11.3 Å². The second-order valence-electron chi connectivity index (χ2n) is 4.48. The maximum atomic E-state index is 13.1. The molecule has 0 bridgehead atoms. The Morgan fingerprint density at radius 1 is 1.15 bits per heavy atom. The highest BCUT2D eigenvalue weighted by molar-refractivity contribution is 7.92. The van der Waals surface area contributed by atoms with Crippen molar-refractivity contribution in [1.82, 2.24) is 0 Å². The summed E-state index contributed by atoms with van der Waals surface area (Å²) in [5.41, 5.74) is 1.06. The minimum atomic E-state index is -3.72. The van der Waals surface area contributed by atoms with Gasteiger partial charge in [0.15, 0.2) is 0 Å². The van der Waals surface area contributed by atoms with Crippen LogP contribution in [0.4, 0.5) is 10.1 Å². The van der Waals surface area contributed by atoms with Crippen LogP contribution in [0, 0.1) is 5.82 Å². The molecule has 4 nitrogen and oxygen atoms in total. The van der Waals surface area contributed by atoms with Gasteiger partial charge in [-0.25, -0.2) is 12.8 Å². The first-order valence-electron chi connectivity index (χ1n) is 6.09. The average molecular weight is 293 g/mol. The average Bonchev–Trinajstić information content (AvgIpc) is 2.85. The molecule has 0 fully saturated rings. The third-order valence-electron chi connectivity index (χ3n) is 3.05. The summed E-state index contributed by atoms with van der Waals surface area (Å²) in [6.07, 6.45) is 0.693. The summed E-state index contributed by atoms with van der Waals surface area (Å²) in [5, 5.41) is 0. The molecule has 0 radical (unpaired) electrons. The van der Waals surface area contributed by atoms with E-state index in [1.807, 2.05) is 0 Å². The van der Waals surface area contributed by atoms with Crippen molar-refractivity contribution in [3.8, 4) is 5.75 Å². The Kier molecular flexibility index (Phi) is 3.10. The maximum absolute atomic E-state index is 13.1. The Bertz CT molecular complexity index is 759. The molecule has 0 aliphatic carbocycles. The fourth-order valence-corrected chi connectivity index (χ4v) is 3.20. The normalized spacial score (nSPS) is 13.7. The van der Waals surface area contributed by atoms with Gasteiger partial charge >= 0.3 is 0 Å². The highest BCUT2D eigenvalue weighted by atomic mass is 32.2. The van der Waals surface area contributed by atoms with Crippen molar-refractivity contribution in [2.75, 3.05) is 11.3 Å². The van der Waals surface area contributed by atoms with E-state index >= 15 is 0 Å². The van der Waals surface area contributed by atoms with Crippen molar-refractivity contribution in [1.29, 1.82) is 0 Å². The van der Waals surface area contributed by atoms with Crippen LogP contribution in [0.15, 0.2) is 47.4 Å². The van der Waals surface area contributed by atoms with E-state index in [9.17, 15) is 12.8 Å². The molecule has 0 spiro atoms. The van der Waals surface area contributed by atoms with Crippen LogP contribution in [0.5, 0.6) is 5.75 Å². The number of hydrogen-bond donors (Lipinski definition) is 1. The zero-order valence-electron chi connectivity index (χ0n) is 10.5. The Morgan fingerprint density at radius 2 is 2.00 bits per heavy atom. The van der Waals surface area contributed by atoms with Crippen molar-refractivity contribution in [3.63, 3.8) is 0 Å². The van der Waals surface area contributed by atoms with Gasteiger partial charge in [-0.15, -0.1) is 0 Å². The van der Waals surface area contributed by atoms with E-state index < -0.39 is 15.8 Å². The van der Waals surface area contributed by atoms with E-state index in [0.29, 0.717) is 13.0 Å². The molecule has 1 heterocycles. The number of fused-ring (bicyclic) bond motifs is 1. The first-order valence-corrected chi connectivity index (χ1v) is 7.57. The monoisotopic (exact) mass is 293 g/mol. The molecule has 20 heavy (non-hydrogen) atoms. The number of rotatable bonds is 3. The highest BCUT2D eigenvalue weighted by Gasteiger charge is 2.19. The second-order valence-corrected chi connectivity index (χ2v) is 6.17. The molecule has 104 valence electrons. The topological polar surface area (TPSA) is 55.4 Å². The van der Waals surface area contributed by atoms with Gasteiger partial charge in [0, 0.05) is 6.42 Å². The number of nitrogens with one attached hydrogen (secondary N) is 1. The number of halogens is 1. The zero-order valence-corrected chi connectivity index (χ0v) is 11.3. The molecule has 1 aliphatic heterocycles. The zero-order chi connectivity index (χ0) is 14.2. The molecule has 0 unspecified atom stereocenters. The van der Waals surface area contributed by atoms with Gasteiger partial charge in [0.25, 0.3) is 10.0 Å². The predicted octanol–water partition coefficient (Wildman–Crippen LogP) is 2.56. The van der Waals surface area contributed by atoms with E-state index in [0.717, 1.165) is 17.4 Å². The number of ether oxygens (including phenoxy) is 1. The van der Waals surface area contributed by atoms with E-state index in [-0.39, 0.29) is 10.6 Å². The van der Waals surface area contributed by atoms with E-state index in [1.54, 1.807) is 12.1 Å². The summed E-state index contributed by atoms with van der Waals surface area (Å²) in [6, 6.07) is 10.0. The van der Waals surface area contributed by atoms with Gasteiger partial charge in [0.1, 0.15) is 11.6 Å². The van der Waals surface area contributed by atoms with Crippen LogP contribution in [0.1, 0.15) is 5.56 Å². The van der Waals surface area contributed by atoms with Gasteiger partial charge < -0.3 is 4.74 Å². The minimum Gasteiger partial charge on any atom is -0.493 e. The van der Waals surface area contributed by atoms with Crippen molar-refractivity contribution in [2.24, 2.45) is 0 Å². The van der Waals surface area contributed by atoms with Crippen molar-refractivity contribution >= 4 is 15.7 Å². The minimum absolute atomic E-state index is 0.144. The van der Waals surface area contributed by atoms with Gasteiger partial charge in [0.2, 0.25) is 0 Å². The van der Waals surface area contributed by atoms with E-state index in [1.165, 1.54) is 24.3 Å². The third kappa shape index (κ3) is 2.46. The summed E-state index contributed by atoms with van der Waals surface area (Å²) in [7, 11) is -3.72. The summed E-state index contributed by atoms with van der Waals surface area (Å²) in [6.45, 7) is 0.566. The molecular weight excluding hydrogens is 281 g/mol. The smallest absolute Gasteiger partial charge is 0.261 e. The largest absolute Gasteiger partial charge is 0.493 e. The summed E-state index contributed by atoms with van der Waals surface area (Å²) < 4.78 is 45.2. The molecule has 6 heteroatoms. The van der Waals surface area contributed by atoms with Crippen molar-refractivity contribution in [3.05, 3.63) is 53.8 Å². The lowest BCUT2D eigenvalue weighted by Crippen LogP contribution is -2.13. The lowest BCUT2D eigenvalue weighted by atomic mass is 10.2. The summed E-state index contributed by atoms with van der Waals surface area (Å²) >= 11 is 0. The fourth-order valence-electron chi connectivity index (χ4n) is 2.10. The molecule has 0 aromatic heterocycles.